The van der Waals surface area contributed by atoms with Gasteiger partial charge in [-0.3, -0.25) is 14.4 Å². The first-order valence-electron chi connectivity index (χ1n) is 11.5. The van der Waals surface area contributed by atoms with Gasteiger partial charge in [-0.2, -0.15) is 0 Å². The SMILES string of the molecule is C=CCNC(=O)NC1CCN(C(=O)c2ccco2)C1C(=O)NC(Cc1c[nH]c2ccccc12)C(N)=O. The van der Waals surface area contributed by atoms with Gasteiger partial charge in [0.1, 0.15) is 12.1 Å². The van der Waals surface area contributed by atoms with Gasteiger partial charge in [-0.15, -0.1) is 6.58 Å². The first-order chi connectivity index (χ1) is 17.4. The summed E-state index contributed by atoms with van der Waals surface area (Å²) < 4.78 is 5.22. The lowest BCUT2D eigenvalue weighted by Crippen LogP contribution is -2.59. The molecule has 3 aromatic rings. The third-order valence-corrected chi connectivity index (χ3v) is 6.14. The van der Waals surface area contributed by atoms with Crippen LogP contribution in [0.3, 0.4) is 0 Å². The first-order valence-corrected chi connectivity index (χ1v) is 11.5. The fourth-order valence-corrected chi connectivity index (χ4v) is 4.42. The molecular weight excluding hydrogens is 464 g/mol. The standard InChI is InChI=1S/C25H28N6O5/c1-2-10-27-25(35)30-18-9-11-31(24(34)20-8-5-12-36-20)21(18)23(33)29-19(22(26)32)13-15-14-28-17-7-4-3-6-16(15)17/h2-8,12,14,18-19,21,28H,1,9-11,13H2,(H2,26,32)(H,29,33)(H2,27,30,35). The smallest absolute Gasteiger partial charge is 0.315 e. The Kier molecular flexibility index (Phi) is 7.38. The summed E-state index contributed by atoms with van der Waals surface area (Å²) >= 11 is 0. The second kappa shape index (κ2) is 10.8. The maximum Gasteiger partial charge on any atom is 0.315 e. The molecule has 1 fully saturated rings. The second-order valence-corrected chi connectivity index (χ2v) is 8.49. The number of carbonyl (C=O) groups excluding carboxylic acids is 4. The third kappa shape index (κ3) is 5.24. The molecule has 3 atom stereocenters. The van der Waals surface area contributed by atoms with E-state index in [4.69, 9.17) is 10.2 Å². The Hall–Kier alpha value is -4.54. The van der Waals surface area contributed by atoms with Crippen LogP contribution in [-0.2, 0) is 16.0 Å². The summed E-state index contributed by atoms with van der Waals surface area (Å²) in [5, 5.41) is 8.95. The Balaban J connectivity index is 1.55. The van der Waals surface area contributed by atoms with Gasteiger partial charge < -0.3 is 36.0 Å². The van der Waals surface area contributed by atoms with E-state index in [2.05, 4.69) is 27.5 Å². The largest absolute Gasteiger partial charge is 0.459 e. The van der Waals surface area contributed by atoms with Crippen LogP contribution in [0.15, 0.2) is 65.9 Å². The van der Waals surface area contributed by atoms with Gasteiger partial charge in [0.25, 0.3) is 5.91 Å². The summed E-state index contributed by atoms with van der Waals surface area (Å²) in [6.45, 7) is 3.99. The van der Waals surface area contributed by atoms with Crippen molar-refractivity contribution >= 4 is 34.7 Å². The fraction of sp³-hybridized carbons (Fsp3) is 0.280. The van der Waals surface area contributed by atoms with E-state index in [1.165, 1.54) is 23.3 Å². The van der Waals surface area contributed by atoms with E-state index in [0.717, 1.165) is 16.5 Å². The third-order valence-electron chi connectivity index (χ3n) is 6.14. The molecule has 1 aliphatic heterocycles. The van der Waals surface area contributed by atoms with Crippen molar-refractivity contribution in [2.75, 3.05) is 13.1 Å². The maximum atomic E-state index is 13.5. The van der Waals surface area contributed by atoms with E-state index in [1.807, 2.05) is 24.3 Å². The molecule has 1 aromatic carbocycles. The number of fused-ring (bicyclic) bond motifs is 1. The zero-order chi connectivity index (χ0) is 25.7. The molecule has 11 nitrogen and oxygen atoms in total. The number of aromatic amines is 1. The summed E-state index contributed by atoms with van der Waals surface area (Å²) in [5.74, 6) is -1.76. The van der Waals surface area contributed by atoms with Crippen molar-refractivity contribution in [1.82, 2.24) is 25.8 Å². The van der Waals surface area contributed by atoms with E-state index < -0.39 is 41.9 Å². The number of hydrogen-bond acceptors (Lipinski definition) is 5. The Labute approximate surface area is 207 Å². The van der Waals surface area contributed by atoms with Crippen LogP contribution in [0.1, 0.15) is 22.5 Å². The molecule has 2 aromatic heterocycles. The first kappa shape index (κ1) is 24.6. The highest BCUT2D eigenvalue weighted by atomic mass is 16.3. The number of H-pyrrole nitrogens is 1. The van der Waals surface area contributed by atoms with Crippen molar-refractivity contribution in [2.24, 2.45) is 5.73 Å². The van der Waals surface area contributed by atoms with Crippen molar-refractivity contribution in [1.29, 1.82) is 0 Å². The van der Waals surface area contributed by atoms with Gasteiger partial charge in [0.15, 0.2) is 5.76 Å². The molecule has 0 saturated carbocycles. The van der Waals surface area contributed by atoms with Crippen LogP contribution in [0.25, 0.3) is 10.9 Å². The van der Waals surface area contributed by atoms with Crippen LogP contribution in [-0.4, -0.2) is 64.9 Å². The number of para-hydroxylation sites is 1. The summed E-state index contributed by atoms with van der Waals surface area (Å²) in [7, 11) is 0. The lowest BCUT2D eigenvalue weighted by Gasteiger charge is -2.28. The Morgan fingerprint density at radius 1 is 1.22 bits per heavy atom. The molecule has 11 heteroatoms. The van der Waals surface area contributed by atoms with E-state index in [0.29, 0.717) is 6.42 Å². The van der Waals surface area contributed by atoms with Crippen LogP contribution in [0, 0.1) is 0 Å². The highest BCUT2D eigenvalue weighted by Crippen LogP contribution is 2.23. The van der Waals surface area contributed by atoms with Gasteiger partial charge in [-0.25, -0.2) is 4.79 Å². The maximum absolute atomic E-state index is 13.5. The zero-order valence-electron chi connectivity index (χ0n) is 19.5. The molecule has 0 radical (unpaired) electrons. The van der Waals surface area contributed by atoms with E-state index >= 15 is 0 Å². The summed E-state index contributed by atoms with van der Waals surface area (Å²) in [6, 6.07) is 7.32. The minimum Gasteiger partial charge on any atom is -0.459 e. The molecule has 0 aliphatic carbocycles. The van der Waals surface area contributed by atoms with Gasteiger partial charge in [-0.05, 0) is 30.2 Å². The topological polar surface area (TPSA) is 163 Å². The van der Waals surface area contributed by atoms with Gasteiger partial charge in [0.2, 0.25) is 11.8 Å². The normalized spacial score (nSPS) is 17.9. The monoisotopic (exact) mass is 492 g/mol. The summed E-state index contributed by atoms with van der Waals surface area (Å²) in [4.78, 5) is 55.6. The number of nitrogens with one attached hydrogen (secondary N) is 4. The Bertz CT molecular complexity index is 1270. The van der Waals surface area contributed by atoms with Gasteiger partial charge >= 0.3 is 6.03 Å². The van der Waals surface area contributed by atoms with Crippen LogP contribution < -0.4 is 21.7 Å². The molecule has 0 bridgehead atoms. The number of rotatable bonds is 9. The molecule has 1 aliphatic rings. The number of primary amides is 1. The van der Waals surface area contributed by atoms with Crippen LogP contribution in [0.2, 0.25) is 0 Å². The summed E-state index contributed by atoms with van der Waals surface area (Å²) in [6.07, 6.45) is 5.13. The van der Waals surface area contributed by atoms with Crippen molar-refractivity contribution in [3.63, 3.8) is 0 Å². The van der Waals surface area contributed by atoms with Crippen LogP contribution >= 0.6 is 0 Å². The molecule has 36 heavy (non-hydrogen) atoms. The summed E-state index contributed by atoms with van der Waals surface area (Å²) in [5.41, 5.74) is 7.34. The van der Waals surface area contributed by atoms with Crippen molar-refractivity contribution in [3.8, 4) is 0 Å². The molecule has 1 saturated heterocycles. The average molecular weight is 493 g/mol. The molecule has 3 heterocycles. The number of amides is 5. The fourth-order valence-electron chi connectivity index (χ4n) is 4.42. The molecule has 0 spiro atoms. The molecule has 188 valence electrons. The highest BCUT2D eigenvalue weighted by molar-refractivity contribution is 5.98. The molecule has 4 rings (SSSR count). The molecule has 5 amide bonds. The van der Waals surface area contributed by atoms with E-state index in [9.17, 15) is 19.2 Å². The minimum atomic E-state index is -1.08. The number of nitrogens with two attached hydrogens (primary N) is 1. The zero-order valence-corrected chi connectivity index (χ0v) is 19.5. The van der Waals surface area contributed by atoms with Crippen LogP contribution in [0.5, 0.6) is 0 Å². The number of carbonyl (C=O) groups is 4. The van der Waals surface area contributed by atoms with Crippen molar-refractivity contribution in [2.45, 2.75) is 31.0 Å². The lowest BCUT2D eigenvalue weighted by atomic mass is 10.0. The highest BCUT2D eigenvalue weighted by Gasteiger charge is 2.44. The average Bonchev–Trinajstić information content (AvgIpc) is 3.62. The number of urea groups is 1. The predicted octanol–water partition coefficient (Wildman–Crippen LogP) is 1.04. The lowest BCUT2D eigenvalue weighted by molar-refractivity contribution is -0.130. The van der Waals surface area contributed by atoms with E-state index in [1.54, 1.807) is 12.3 Å². The Morgan fingerprint density at radius 2 is 2.03 bits per heavy atom. The minimum absolute atomic E-state index is 0.0646. The van der Waals surface area contributed by atoms with Gasteiger partial charge in [0.05, 0.1) is 12.3 Å². The van der Waals surface area contributed by atoms with Gasteiger partial charge in [0, 0.05) is 36.6 Å². The van der Waals surface area contributed by atoms with Crippen molar-refractivity contribution < 1.29 is 23.6 Å². The second-order valence-electron chi connectivity index (χ2n) is 8.49. The molecule has 6 N–H and O–H groups in total. The predicted molar refractivity (Wildman–Crippen MR) is 132 cm³/mol. The van der Waals surface area contributed by atoms with Crippen LogP contribution in [0.4, 0.5) is 4.79 Å². The van der Waals surface area contributed by atoms with Crippen molar-refractivity contribution in [3.05, 3.63) is 72.8 Å². The quantitative estimate of drug-likeness (QED) is 0.282. The number of furan rings is 1. The van der Waals surface area contributed by atoms with E-state index in [-0.39, 0.29) is 25.3 Å². The Morgan fingerprint density at radius 3 is 2.75 bits per heavy atom. The number of nitrogens with zero attached hydrogens (tertiary/aromatic N) is 1. The molecule has 3 unspecified atom stereocenters. The molecular formula is C25H28N6O5. The number of benzene rings is 1. The number of aromatic nitrogens is 1. The number of likely N-dealkylation sites (tertiary alicyclic amines) is 1. The van der Waals surface area contributed by atoms with Gasteiger partial charge in [-0.1, -0.05) is 24.3 Å². The number of hydrogen-bond donors (Lipinski definition) is 5.